The van der Waals surface area contributed by atoms with Crippen LogP contribution in [0.5, 0.6) is 0 Å². The molecule has 0 unspecified atom stereocenters. The highest BCUT2D eigenvalue weighted by molar-refractivity contribution is 5.42. The van der Waals surface area contributed by atoms with Crippen molar-refractivity contribution in [1.82, 2.24) is 9.55 Å². The lowest BCUT2D eigenvalue weighted by Crippen LogP contribution is -1.88. The van der Waals surface area contributed by atoms with Crippen molar-refractivity contribution in [2.75, 3.05) is 0 Å². The third kappa shape index (κ3) is 6.66. The molecule has 0 atom stereocenters. The monoisotopic (exact) mass is 209 g/mol. The Hall–Kier alpha value is -1.38. The number of nitrogens with zero attached hydrogens (tertiary/aromatic N) is 3. The fraction of sp³-hybridized carbons (Fsp3) is 0.500. The zero-order chi connectivity index (χ0) is 12.3. The van der Waals surface area contributed by atoms with Gasteiger partial charge < -0.3 is 4.57 Å². The van der Waals surface area contributed by atoms with Crippen LogP contribution in [-0.2, 0) is 7.05 Å². The second-order valence-electron chi connectivity index (χ2n) is 2.35. The highest BCUT2D eigenvalue weighted by Crippen LogP contribution is 2.01. The molecule has 1 aromatic rings. The molecule has 0 fully saturated rings. The molecule has 0 saturated heterocycles. The zero-order valence-corrected chi connectivity index (χ0v) is 10.8. The maximum Gasteiger partial charge on any atom is 0.134 e. The summed E-state index contributed by atoms with van der Waals surface area (Å²) in [5, 5.41) is 0. The van der Waals surface area contributed by atoms with Crippen LogP contribution in [0, 0.1) is 6.92 Å². The lowest BCUT2D eigenvalue weighted by atomic mass is 10.5. The van der Waals surface area contributed by atoms with Gasteiger partial charge in [-0.25, -0.2) is 4.98 Å². The Bertz CT molecular complexity index is 285. The summed E-state index contributed by atoms with van der Waals surface area (Å²) in [4.78, 5) is 7.83. The fourth-order valence-electron chi connectivity index (χ4n) is 0.909. The molecule has 86 valence electrons. The third-order valence-electron chi connectivity index (χ3n) is 1.36. The quantitative estimate of drug-likeness (QED) is 0.686. The summed E-state index contributed by atoms with van der Waals surface area (Å²) in [7, 11) is 1.95. The largest absolute Gasteiger partial charge is 0.334 e. The summed E-state index contributed by atoms with van der Waals surface area (Å²) in [6.07, 6.45) is 5.41. The molecule has 3 nitrogen and oxygen atoms in total. The van der Waals surface area contributed by atoms with Crippen molar-refractivity contribution in [3.05, 3.63) is 23.9 Å². The van der Waals surface area contributed by atoms with Gasteiger partial charge in [-0.3, -0.25) is 4.99 Å². The van der Waals surface area contributed by atoms with E-state index in [1.807, 2.05) is 58.5 Å². The van der Waals surface area contributed by atoms with E-state index in [-0.39, 0.29) is 0 Å². The molecule has 1 rings (SSSR count). The van der Waals surface area contributed by atoms with Crippen LogP contribution in [0.2, 0.25) is 0 Å². The minimum Gasteiger partial charge on any atom is -0.334 e. The van der Waals surface area contributed by atoms with Gasteiger partial charge >= 0.3 is 0 Å². The molecule has 1 aromatic heterocycles. The minimum atomic E-state index is 0.898. The molecule has 0 N–H and O–H groups in total. The summed E-state index contributed by atoms with van der Waals surface area (Å²) in [5.74, 6) is 0.898. The van der Waals surface area contributed by atoms with E-state index in [1.54, 1.807) is 6.20 Å². The molecule has 0 aliphatic carbocycles. The molecule has 0 amide bonds. The smallest absolute Gasteiger partial charge is 0.134 e. The van der Waals surface area contributed by atoms with Gasteiger partial charge in [-0.1, -0.05) is 27.7 Å². The average Bonchev–Trinajstić information content (AvgIpc) is 2.60. The molecular weight excluding hydrogens is 186 g/mol. The third-order valence-corrected chi connectivity index (χ3v) is 1.36. The van der Waals surface area contributed by atoms with Crippen LogP contribution >= 0.6 is 0 Å². The van der Waals surface area contributed by atoms with E-state index in [9.17, 15) is 0 Å². The van der Waals surface area contributed by atoms with Crippen LogP contribution in [-0.4, -0.2) is 16.3 Å². The second-order valence-corrected chi connectivity index (χ2v) is 2.35. The molecule has 0 bridgehead atoms. The fourth-order valence-corrected chi connectivity index (χ4v) is 0.909. The van der Waals surface area contributed by atoms with Crippen LogP contribution in [0.3, 0.4) is 0 Å². The van der Waals surface area contributed by atoms with Gasteiger partial charge in [-0.15, -0.1) is 0 Å². The van der Waals surface area contributed by atoms with Gasteiger partial charge in [0, 0.05) is 19.4 Å². The summed E-state index contributed by atoms with van der Waals surface area (Å²) < 4.78 is 1.94. The number of aryl methyl sites for hydroxylation is 2. The van der Waals surface area contributed by atoms with Crippen LogP contribution in [0.1, 0.15) is 39.2 Å². The average molecular weight is 209 g/mol. The van der Waals surface area contributed by atoms with Crippen molar-refractivity contribution in [3.63, 3.8) is 0 Å². The maximum atomic E-state index is 4.24. The lowest BCUT2D eigenvalue weighted by Gasteiger charge is -1.90. The maximum absolute atomic E-state index is 4.24. The lowest BCUT2D eigenvalue weighted by molar-refractivity contribution is 0.897. The Kier molecular flexibility index (Phi) is 11.5. The molecule has 15 heavy (non-hydrogen) atoms. The SMILES string of the molecule is C=N/C=C\c1nc(C)cn1C.CC.CC. The van der Waals surface area contributed by atoms with Crippen molar-refractivity contribution in [2.45, 2.75) is 34.6 Å². The van der Waals surface area contributed by atoms with E-state index in [1.165, 1.54) is 0 Å². The van der Waals surface area contributed by atoms with E-state index in [0.717, 1.165) is 11.5 Å². The highest BCUT2D eigenvalue weighted by atomic mass is 15.0. The minimum absolute atomic E-state index is 0.898. The highest BCUT2D eigenvalue weighted by Gasteiger charge is 1.95. The number of aliphatic imine (C=N–C) groups is 1. The van der Waals surface area contributed by atoms with E-state index in [2.05, 4.69) is 16.7 Å². The molecule has 0 aliphatic heterocycles. The van der Waals surface area contributed by atoms with Gasteiger partial charge in [0.25, 0.3) is 0 Å². The first-order valence-corrected chi connectivity index (χ1v) is 5.36. The molecule has 3 heteroatoms. The number of aromatic nitrogens is 2. The number of imidazole rings is 1. The normalized spacial score (nSPS) is 8.67. The van der Waals surface area contributed by atoms with E-state index in [0.29, 0.717) is 0 Å². The predicted octanol–water partition coefficient (Wildman–Crippen LogP) is 3.45. The molecule has 0 spiro atoms. The van der Waals surface area contributed by atoms with E-state index < -0.39 is 0 Å². The topological polar surface area (TPSA) is 30.2 Å². The van der Waals surface area contributed by atoms with Crippen molar-refractivity contribution in [3.8, 4) is 0 Å². The number of rotatable bonds is 2. The zero-order valence-electron chi connectivity index (χ0n) is 10.8. The molecular formula is C12H23N3. The molecule has 0 aliphatic rings. The summed E-state index contributed by atoms with van der Waals surface area (Å²) >= 11 is 0. The summed E-state index contributed by atoms with van der Waals surface area (Å²) in [6.45, 7) is 13.3. The molecule has 1 heterocycles. The molecule has 0 radical (unpaired) electrons. The van der Waals surface area contributed by atoms with Gasteiger partial charge in [-0.05, 0) is 19.7 Å². The first kappa shape index (κ1) is 16.1. The predicted molar refractivity (Wildman–Crippen MR) is 69.2 cm³/mol. The van der Waals surface area contributed by atoms with Crippen LogP contribution in [0.4, 0.5) is 0 Å². The Morgan fingerprint density at radius 3 is 2.20 bits per heavy atom. The van der Waals surface area contributed by atoms with Gasteiger partial charge in [-0.2, -0.15) is 0 Å². The van der Waals surface area contributed by atoms with Gasteiger partial charge in [0.15, 0.2) is 0 Å². The Morgan fingerprint density at radius 2 is 1.87 bits per heavy atom. The Balaban J connectivity index is 0. The van der Waals surface area contributed by atoms with Crippen LogP contribution in [0.15, 0.2) is 17.4 Å². The van der Waals surface area contributed by atoms with Crippen LogP contribution < -0.4 is 0 Å². The van der Waals surface area contributed by atoms with Crippen molar-refractivity contribution >= 4 is 12.8 Å². The number of hydrogen-bond donors (Lipinski definition) is 0. The first-order valence-electron chi connectivity index (χ1n) is 5.36. The molecule has 0 saturated carbocycles. The van der Waals surface area contributed by atoms with Gasteiger partial charge in [0.05, 0.1) is 5.69 Å². The van der Waals surface area contributed by atoms with E-state index in [4.69, 9.17) is 0 Å². The van der Waals surface area contributed by atoms with E-state index >= 15 is 0 Å². The van der Waals surface area contributed by atoms with Crippen molar-refractivity contribution in [1.29, 1.82) is 0 Å². The second kappa shape index (κ2) is 10.7. The van der Waals surface area contributed by atoms with Gasteiger partial charge in [0.2, 0.25) is 0 Å². The van der Waals surface area contributed by atoms with Crippen molar-refractivity contribution < 1.29 is 0 Å². The Labute approximate surface area is 93.6 Å². The Morgan fingerprint density at radius 1 is 1.33 bits per heavy atom. The standard InChI is InChI=1S/C8H11N3.2C2H6/c1-7-6-11(3)8(10-7)4-5-9-2;2*1-2/h4-6H,2H2,1,3H3;2*1-2H3/b5-4-;;. The molecule has 0 aromatic carbocycles. The van der Waals surface area contributed by atoms with Crippen molar-refractivity contribution in [2.24, 2.45) is 12.0 Å². The van der Waals surface area contributed by atoms with Crippen LogP contribution in [0.25, 0.3) is 6.08 Å². The summed E-state index contributed by atoms with van der Waals surface area (Å²) in [6, 6.07) is 0. The number of hydrogen-bond acceptors (Lipinski definition) is 2. The summed E-state index contributed by atoms with van der Waals surface area (Å²) in [5.41, 5.74) is 1.01. The van der Waals surface area contributed by atoms with Gasteiger partial charge in [0.1, 0.15) is 5.82 Å². The first-order chi connectivity index (χ1) is 7.24.